The molecular formula is C20H21FN4OS. The first-order valence-corrected chi connectivity index (χ1v) is 9.57. The van der Waals surface area contributed by atoms with Crippen molar-refractivity contribution in [1.82, 2.24) is 20.1 Å². The highest BCUT2D eigenvalue weighted by Crippen LogP contribution is 2.23. The monoisotopic (exact) mass is 384 g/mol. The molecule has 0 radical (unpaired) electrons. The molecule has 0 aliphatic heterocycles. The number of hydrogen-bond acceptors (Lipinski definition) is 4. The smallest absolute Gasteiger partial charge is 0.254 e. The summed E-state index contributed by atoms with van der Waals surface area (Å²) in [6.45, 7) is 3.87. The highest BCUT2D eigenvalue weighted by Gasteiger charge is 2.19. The number of benzene rings is 2. The number of rotatable bonds is 6. The molecule has 0 aliphatic carbocycles. The fourth-order valence-corrected chi connectivity index (χ4v) is 3.62. The summed E-state index contributed by atoms with van der Waals surface area (Å²) in [5, 5.41) is 12.0. The van der Waals surface area contributed by atoms with E-state index in [1.807, 2.05) is 17.7 Å². The molecule has 0 saturated heterocycles. The SMILES string of the molecule is Cc1cccc(CSc2nnc([C@@H](C)NC(=O)c3ccccc3F)n2C)c1. The minimum Gasteiger partial charge on any atom is -0.342 e. The second-order valence-corrected chi connectivity index (χ2v) is 7.30. The Morgan fingerprint density at radius 2 is 2.00 bits per heavy atom. The van der Waals surface area contributed by atoms with Gasteiger partial charge in [-0.05, 0) is 31.5 Å². The number of carbonyl (C=O) groups is 1. The van der Waals surface area contributed by atoms with Crippen LogP contribution in [0, 0.1) is 12.7 Å². The van der Waals surface area contributed by atoms with Crippen molar-refractivity contribution >= 4 is 17.7 Å². The van der Waals surface area contributed by atoms with Crippen molar-refractivity contribution in [3.63, 3.8) is 0 Å². The molecule has 27 heavy (non-hydrogen) atoms. The van der Waals surface area contributed by atoms with Crippen LogP contribution in [0.2, 0.25) is 0 Å². The van der Waals surface area contributed by atoms with E-state index in [2.05, 4.69) is 40.6 Å². The van der Waals surface area contributed by atoms with Crippen molar-refractivity contribution in [2.45, 2.75) is 30.8 Å². The van der Waals surface area contributed by atoms with Crippen molar-refractivity contribution in [1.29, 1.82) is 0 Å². The summed E-state index contributed by atoms with van der Waals surface area (Å²) in [5.41, 5.74) is 2.45. The summed E-state index contributed by atoms with van der Waals surface area (Å²) in [7, 11) is 1.86. The average Bonchev–Trinajstić information content (AvgIpc) is 3.01. The van der Waals surface area contributed by atoms with Gasteiger partial charge in [-0.25, -0.2) is 4.39 Å². The molecule has 2 aromatic carbocycles. The molecule has 0 unspecified atom stereocenters. The zero-order valence-electron chi connectivity index (χ0n) is 15.4. The van der Waals surface area contributed by atoms with Crippen LogP contribution in [0.4, 0.5) is 4.39 Å². The largest absolute Gasteiger partial charge is 0.342 e. The summed E-state index contributed by atoms with van der Waals surface area (Å²) >= 11 is 1.58. The third-order valence-corrected chi connectivity index (χ3v) is 5.26. The molecule has 0 spiro atoms. The fourth-order valence-electron chi connectivity index (χ4n) is 2.76. The van der Waals surface area contributed by atoms with E-state index >= 15 is 0 Å². The topological polar surface area (TPSA) is 59.8 Å². The van der Waals surface area contributed by atoms with Crippen LogP contribution in [0.15, 0.2) is 53.7 Å². The van der Waals surface area contributed by atoms with E-state index in [-0.39, 0.29) is 5.56 Å². The maximum atomic E-state index is 13.8. The van der Waals surface area contributed by atoms with Gasteiger partial charge in [0.1, 0.15) is 5.82 Å². The van der Waals surface area contributed by atoms with Gasteiger partial charge in [0.25, 0.3) is 5.91 Å². The van der Waals surface area contributed by atoms with E-state index < -0.39 is 17.8 Å². The maximum absolute atomic E-state index is 13.8. The van der Waals surface area contributed by atoms with E-state index in [1.165, 1.54) is 23.3 Å². The number of thioether (sulfide) groups is 1. The first-order chi connectivity index (χ1) is 13.0. The number of carbonyl (C=O) groups excluding carboxylic acids is 1. The molecule has 0 aliphatic rings. The maximum Gasteiger partial charge on any atom is 0.254 e. The van der Waals surface area contributed by atoms with Crippen molar-refractivity contribution in [3.8, 4) is 0 Å². The zero-order chi connectivity index (χ0) is 19.4. The highest BCUT2D eigenvalue weighted by molar-refractivity contribution is 7.98. The second-order valence-electron chi connectivity index (χ2n) is 6.35. The van der Waals surface area contributed by atoms with Gasteiger partial charge in [-0.3, -0.25) is 4.79 Å². The molecule has 140 valence electrons. The van der Waals surface area contributed by atoms with Gasteiger partial charge in [-0.1, -0.05) is 53.7 Å². The average molecular weight is 384 g/mol. The number of halogens is 1. The van der Waals surface area contributed by atoms with Crippen LogP contribution >= 0.6 is 11.8 Å². The number of nitrogens with one attached hydrogen (secondary N) is 1. The summed E-state index contributed by atoms with van der Waals surface area (Å²) < 4.78 is 15.6. The van der Waals surface area contributed by atoms with Crippen molar-refractivity contribution in [2.24, 2.45) is 7.05 Å². The Balaban J connectivity index is 1.67. The molecule has 0 saturated carbocycles. The van der Waals surface area contributed by atoms with Crippen LogP contribution in [0.5, 0.6) is 0 Å². The molecule has 1 atom stereocenters. The Labute approximate surface area is 162 Å². The third kappa shape index (κ3) is 4.54. The van der Waals surface area contributed by atoms with Crippen LogP contribution in [0.1, 0.15) is 40.3 Å². The standard InChI is InChI=1S/C20H21FN4OS/c1-13-7-6-8-15(11-13)12-27-20-24-23-18(25(20)3)14(2)22-19(26)16-9-4-5-10-17(16)21/h4-11,14H,12H2,1-3H3,(H,22,26)/t14-/m1/s1. The minimum atomic E-state index is -0.547. The van der Waals surface area contributed by atoms with E-state index in [9.17, 15) is 9.18 Å². The Morgan fingerprint density at radius 1 is 1.22 bits per heavy atom. The Kier molecular flexibility index (Phi) is 5.91. The van der Waals surface area contributed by atoms with Crippen molar-refractivity contribution in [2.75, 3.05) is 0 Å². The summed E-state index contributed by atoms with van der Waals surface area (Å²) in [5.74, 6) is 0.377. The molecule has 7 heteroatoms. The zero-order valence-corrected chi connectivity index (χ0v) is 16.3. The molecule has 5 nitrogen and oxygen atoms in total. The Hall–Kier alpha value is -2.67. The number of amides is 1. The predicted molar refractivity (Wildman–Crippen MR) is 104 cm³/mol. The van der Waals surface area contributed by atoms with Gasteiger partial charge in [0.05, 0.1) is 11.6 Å². The Morgan fingerprint density at radius 3 is 2.74 bits per heavy atom. The third-order valence-electron chi connectivity index (χ3n) is 4.17. The van der Waals surface area contributed by atoms with Crippen molar-refractivity contribution in [3.05, 3.63) is 76.9 Å². The summed E-state index contributed by atoms with van der Waals surface area (Å²) in [6, 6.07) is 13.8. The molecule has 1 heterocycles. The van der Waals surface area contributed by atoms with E-state index in [1.54, 1.807) is 30.8 Å². The van der Waals surface area contributed by atoms with Gasteiger partial charge in [0.2, 0.25) is 0 Å². The second kappa shape index (κ2) is 8.35. The number of aryl methyl sites for hydroxylation is 1. The van der Waals surface area contributed by atoms with Crippen LogP contribution < -0.4 is 5.32 Å². The van der Waals surface area contributed by atoms with Gasteiger partial charge in [-0.2, -0.15) is 0 Å². The lowest BCUT2D eigenvalue weighted by molar-refractivity contribution is 0.0933. The first kappa shape index (κ1) is 19.1. The van der Waals surface area contributed by atoms with E-state index in [4.69, 9.17) is 0 Å². The van der Waals surface area contributed by atoms with Crippen LogP contribution in [-0.4, -0.2) is 20.7 Å². The minimum absolute atomic E-state index is 0.0144. The Bertz CT molecular complexity index is 957. The molecule has 0 fully saturated rings. The van der Waals surface area contributed by atoms with E-state index in [0.717, 1.165) is 10.9 Å². The van der Waals surface area contributed by atoms with Gasteiger partial charge in [0, 0.05) is 12.8 Å². The molecular weight excluding hydrogens is 363 g/mol. The van der Waals surface area contributed by atoms with Gasteiger partial charge >= 0.3 is 0 Å². The summed E-state index contributed by atoms with van der Waals surface area (Å²) in [4.78, 5) is 12.3. The number of hydrogen-bond donors (Lipinski definition) is 1. The van der Waals surface area contributed by atoms with Gasteiger partial charge in [-0.15, -0.1) is 10.2 Å². The lowest BCUT2D eigenvalue weighted by Crippen LogP contribution is -2.29. The molecule has 1 N–H and O–H groups in total. The molecule has 3 aromatic rings. The molecule has 1 aromatic heterocycles. The van der Waals surface area contributed by atoms with Gasteiger partial charge in [0.15, 0.2) is 11.0 Å². The first-order valence-electron chi connectivity index (χ1n) is 8.58. The van der Waals surface area contributed by atoms with Crippen LogP contribution in [0.3, 0.4) is 0 Å². The summed E-state index contributed by atoms with van der Waals surface area (Å²) in [6.07, 6.45) is 0. The van der Waals surface area contributed by atoms with Crippen molar-refractivity contribution < 1.29 is 9.18 Å². The lowest BCUT2D eigenvalue weighted by atomic mass is 10.2. The highest BCUT2D eigenvalue weighted by atomic mass is 32.2. The van der Waals surface area contributed by atoms with Crippen LogP contribution in [-0.2, 0) is 12.8 Å². The molecule has 0 bridgehead atoms. The predicted octanol–water partition coefficient (Wildman–Crippen LogP) is 4.05. The molecule has 1 amide bonds. The van der Waals surface area contributed by atoms with Gasteiger partial charge < -0.3 is 9.88 Å². The lowest BCUT2D eigenvalue weighted by Gasteiger charge is -2.14. The van der Waals surface area contributed by atoms with E-state index in [0.29, 0.717) is 5.82 Å². The number of aromatic nitrogens is 3. The number of nitrogens with zero attached hydrogens (tertiary/aromatic N) is 3. The molecule has 3 rings (SSSR count). The fraction of sp³-hybridized carbons (Fsp3) is 0.250. The normalized spacial score (nSPS) is 12.0. The quantitative estimate of drug-likeness (QED) is 0.652. The van der Waals surface area contributed by atoms with Crippen LogP contribution in [0.25, 0.3) is 0 Å².